The van der Waals surface area contributed by atoms with Gasteiger partial charge in [-0.1, -0.05) is 12.1 Å². The van der Waals surface area contributed by atoms with Crippen LogP contribution in [-0.4, -0.2) is 52.7 Å². The predicted molar refractivity (Wildman–Crippen MR) is 99.9 cm³/mol. The van der Waals surface area contributed by atoms with E-state index in [1.54, 1.807) is 12.1 Å². The van der Waals surface area contributed by atoms with Gasteiger partial charge in [0.1, 0.15) is 17.8 Å². The van der Waals surface area contributed by atoms with Crippen LogP contribution in [0.2, 0.25) is 0 Å². The average molecular weight is 380 g/mol. The molecule has 0 saturated heterocycles. The zero-order valence-corrected chi connectivity index (χ0v) is 15.4. The Bertz CT molecular complexity index is 635. The van der Waals surface area contributed by atoms with E-state index in [0.717, 1.165) is 5.56 Å². The molecule has 9 heteroatoms. The van der Waals surface area contributed by atoms with Gasteiger partial charge >= 0.3 is 5.97 Å². The molecule has 2 amide bonds. The summed E-state index contributed by atoms with van der Waals surface area (Å²) in [7, 11) is 0. The lowest BCUT2D eigenvalue weighted by Crippen LogP contribution is -2.53. The van der Waals surface area contributed by atoms with Crippen LogP contribution < -0.4 is 22.1 Å². The van der Waals surface area contributed by atoms with Gasteiger partial charge < -0.3 is 32.3 Å². The molecule has 1 rings (SSSR count). The third-order valence-electron chi connectivity index (χ3n) is 4.04. The second kappa shape index (κ2) is 11.1. The zero-order chi connectivity index (χ0) is 20.4. The van der Waals surface area contributed by atoms with Gasteiger partial charge in [0.15, 0.2) is 0 Å². The van der Waals surface area contributed by atoms with Crippen LogP contribution in [0.25, 0.3) is 0 Å². The molecule has 1 aromatic rings. The first kappa shape index (κ1) is 22.4. The smallest absolute Gasteiger partial charge is 0.326 e. The predicted octanol–water partition coefficient (Wildman–Crippen LogP) is -0.535. The molecule has 0 heterocycles. The van der Waals surface area contributed by atoms with E-state index in [1.807, 2.05) is 0 Å². The Labute approximate surface area is 158 Å². The average Bonchev–Trinajstić information content (AvgIpc) is 2.62. The fraction of sp³-hybridized carbons (Fsp3) is 0.500. The highest BCUT2D eigenvalue weighted by molar-refractivity contribution is 5.91. The SMILES string of the molecule is C[C@@H](NC(=O)[C@H](N)Cc1ccc(O)cc1)C(=O)N[C@H](CCCCN)C(=O)O. The fourth-order valence-corrected chi connectivity index (χ4v) is 2.41. The van der Waals surface area contributed by atoms with Crippen molar-refractivity contribution < 1.29 is 24.6 Å². The minimum absolute atomic E-state index is 0.113. The van der Waals surface area contributed by atoms with Gasteiger partial charge in [0.05, 0.1) is 6.04 Å². The Morgan fingerprint density at radius 1 is 1.07 bits per heavy atom. The minimum atomic E-state index is -1.14. The number of benzene rings is 1. The van der Waals surface area contributed by atoms with Crippen molar-refractivity contribution in [1.82, 2.24) is 10.6 Å². The molecule has 0 aromatic heterocycles. The summed E-state index contributed by atoms with van der Waals surface area (Å²) in [6.07, 6.45) is 1.74. The maximum Gasteiger partial charge on any atom is 0.326 e. The Kier molecular flexibility index (Phi) is 9.24. The number of nitrogens with two attached hydrogens (primary N) is 2. The molecule has 0 aliphatic heterocycles. The van der Waals surface area contributed by atoms with Crippen molar-refractivity contribution in [2.45, 2.75) is 50.7 Å². The van der Waals surface area contributed by atoms with Gasteiger partial charge in [0, 0.05) is 0 Å². The van der Waals surface area contributed by atoms with Crippen LogP contribution in [0, 0.1) is 0 Å². The lowest BCUT2D eigenvalue weighted by atomic mass is 10.1. The molecule has 0 spiro atoms. The van der Waals surface area contributed by atoms with Crippen molar-refractivity contribution in [3.63, 3.8) is 0 Å². The maximum absolute atomic E-state index is 12.2. The van der Waals surface area contributed by atoms with Crippen molar-refractivity contribution >= 4 is 17.8 Å². The highest BCUT2D eigenvalue weighted by atomic mass is 16.4. The lowest BCUT2D eigenvalue weighted by molar-refractivity contribution is -0.142. The van der Waals surface area contributed by atoms with E-state index < -0.39 is 35.9 Å². The summed E-state index contributed by atoms with van der Waals surface area (Å²) in [5.74, 6) is -2.15. The molecule has 0 bridgehead atoms. The molecule has 1 aromatic carbocycles. The quantitative estimate of drug-likeness (QED) is 0.280. The van der Waals surface area contributed by atoms with Gasteiger partial charge in [-0.15, -0.1) is 0 Å². The number of phenolic OH excluding ortho intramolecular Hbond substituents is 1. The molecular weight excluding hydrogens is 352 g/mol. The number of rotatable bonds is 11. The Morgan fingerprint density at radius 3 is 2.26 bits per heavy atom. The van der Waals surface area contributed by atoms with E-state index in [2.05, 4.69) is 10.6 Å². The Balaban J connectivity index is 2.52. The van der Waals surface area contributed by atoms with Crippen LogP contribution in [0.3, 0.4) is 0 Å². The van der Waals surface area contributed by atoms with Crippen molar-refractivity contribution in [2.24, 2.45) is 11.5 Å². The third-order valence-corrected chi connectivity index (χ3v) is 4.04. The van der Waals surface area contributed by atoms with E-state index in [-0.39, 0.29) is 18.6 Å². The maximum atomic E-state index is 12.2. The zero-order valence-electron chi connectivity index (χ0n) is 15.4. The molecule has 0 fully saturated rings. The van der Waals surface area contributed by atoms with Crippen LogP contribution in [0.5, 0.6) is 5.75 Å². The first-order chi connectivity index (χ1) is 12.7. The minimum Gasteiger partial charge on any atom is -0.508 e. The number of amides is 2. The molecule has 0 unspecified atom stereocenters. The highest BCUT2D eigenvalue weighted by Crippen LogP contribution is 2.11. The van der Waals surface area contributed by atoms with E-state index in [4.69, 9.17) is 11.5 Å². The van der Waals surface area contributed by atoms with Crippen LogP contribution in [0.4, 0.5) is 0 Å². The van der Waals surface area contributed by atoms with Gasteiger partial charge in [-0.3, -0.25) is 9.59 Å². The number of aromatic hydroxyl groups is 1. The molecule has 150 valence electrons. The van der Waals surface area contributed by atoms with E-state index in [9.17, 15) is 24.6 Å². The van der Waals surface area contributed by atoms with Gasteiger partial charge in [0.25, 0.3) is 0 Å². The third kappa shape index (κ3) is 8.06. The molecule has 0 saturated carbocycles. The molecule has 0 radical (unpaired) electrons. The number of nitrogens with one attached hydrogen (secondary N) is 2. The van der Waals surface area contributed by atoms with E-state index in [0.29, 0.717) is 19.4 Å². The Hall–Kier alpha value is -2.65. The second-order valence-electron chi connectivity index (χ2n) is 6.39. The summed E-state index contributed by atoms with van der Waals surface area (Å²) < 4.78 is 0. The molecule has 0 aliphatic carbocycles. The van der Waals surface area contributed by atoms with E-state index in [1.165, 1.54) is 19.1 Å². The summed E-state index contributed by atoms with van der Waals surface area (Å²) in [5.41, 5.74) is 12.0. The monoisotopic (exact) mass is 380 g/mol. The Morgan fingerprint density at radius 2 is 1.70 bits per heavy atom. The number of phenols is 1. The fourth-order valence-electron chi connectivity index (χ4n) is 2.41. The topological polar surface area (TPSA) is 168 Å². The molecule has 8 N–H and O–H groups in total. The van der Waals surface area contributed by atoms with Gasteiger partial charge in [0.2, 0.25) is 11.8 Å². The van der Waals surface area contributed by atoms with Gasteiger partial charge in [-0.05, 0) is 56.8 Å². The van der Waals surface area contributed by atoms with Crippen LogP contribution >= 0.6 is 0 Å². The number of aliphatic carboxylic acids is 1. The summed E-state index contributed by atoms with van der Waals surface area (Å²) >= 11 is 0. The summed E-state index contributed by atoms with van der Waals surface area (Å²) in [4.78, 5) is 35.6. The molecule has 0 aliphatic rings. The second-order valence-corrected chi connectivity index (χ2v) is 6.39. The highest BCUT2D eigenvalue weighted by Gasteiger charge is 2.25. The molecule has 9 nitrogen and oxygen atoms in total. The number of carbonyl (C=O) groups excluding carboxylic acids is 2. The number of carboxylic acid groups (broad SMARTS) is 1. The number of hydrogen-bond acceptors (Lipinski definition) is 6. The summed E-state index contributed by atoms with van der Waals surface area (Å²) in [6, 6.07) is 3.44. The first-order valence-corrected chi connectivity index (χ1v) is 8.81. The van der Waals surface area contributed by atoms with Crippen LogP contribution in [-0.2, 0) is 20.8 Å². The molecular formula is C18H28N4O5. The van der Waals surface area contributed by atoms with Crippen molar-refractivity contribution in [3.05, 3.63) is 29.8 Å². The van der Waals surface area contributed by atoms with Crippen molar-refractivity contribution in [2.75, 3.05) is 6.54 Å². The molecule has 27 heavy (non-hydrogen) atoms. The standard InChI is InChI=1S/C18H28N4O5/c1-11(16(24)22-15(18(26)27)4-2-3-9-19)21-17(25)14(20)10-12-5-7-13(23)8-6-12/h5-8,11,14-15,23H,2-4,9-10,19-20H2,1H3,(H,21,25)(H,22,24)(H,26,27)/t11-,14-,15-/m1/s1. The first-order valence-electron chi connectivity index (χ1n) is 8.81. The normalized spacial score (nSPS) is 14.0. The summed E-state index contributed by atoms with van der Waals surface area (Å²) in [6.45, 7) is 1.91. The van der Waals surface area contributed by atoms with Gasteiger partial charge in [-0.2, -0.15) is 0 Å². The number of unbranched alkanes of at least 4 members (excludes halogenated alkanes) is 1. The van der Waals surface area contributed by atoms with Crippen molar-refractivity contribution in [3.8, 4) is 5.75 Å². The number of carbonyl (C=O) groups is 3. The molecule has 3 atom stereocenters. The van der Waals surface area contributed by atoms with Gasteiger partial charge in [-0.25, -0.2) is 4.79 Å². The van der Waals surface area contributed by atoms with Crippen LogP contribution in [0.1, 0.15) is 31.7 Å². The van der Waals surface area contributed by atoms with E-state index >= 15 is 0 Å². The number of carboxylic acids is 1. The lowest BCUT2D eigenvalue weighted by Gasteiger charge is -2.20. The van der Waals surface area contributed by atoms with Crippen molar-refractivity contribution in [1.29, 1.82) is 0 Å². The number of hydrogen-bond donors (Lipinski definition) is 6. The van der Waals surface area contributed by atoms with Crippen LogP contribution in [0.15, 0.2) is 24.3 Å². The summed E-state index contributed by atoms with van der Waals surface area (Å²) in [5, 5.41) is 23.3. The largest absolute Gasteiger partial charge is 0.508 e.